The van der Waals surface area contributed by atoms with Crippen LogP contribution in [0, 0.1) is 0 Å². The molecule has 0 aromatic carbocycles. The Morgan fingerprint density at radius 2 is 1.85 bits per heavy atom. The number of aliphatic hydroxyl groups is 1. The quantitative estimate of drug-likeness (QED) is 0.370. The number of nitrogens with zero attached hydrogens (tertiary/aromatic N) is 2. The molecule has 194 valence electrons. The molecule has 9 heteroatoms. The van der Waals surface area contributed by atoms with Crippen LogP contribution in [0.15, 0.2) is 25.0 Å². The Balaban J connectivity index is 2.44. The molecule has 0 saturated carbocycles. The van der Waals surface area contributed by atoms with Crippen LogP contribution in [0.25, 0.3) is 0 Å². The predicted molar refractivity (Wildman–Crippen MR) is 134 cm³/mol. The van der Waals surface area contributed by atoms with Gasteiger partial charge >= 0.3 is 6.09 Å². The van der Waals surface area contributed by atoms with Gasteiger partial charge in [-0.05, 0) is 37.4 Å². The Morgan fingerprint density at radius 3 is 2.35 bits per heavy atom. The van der Waals surface area contributed by atoms with Gasteiger partial charge < -0.3 is 23.7 Å². The number of imidazole rings is 1. The molecule has 1 saturated heterocycles. The molecular formula is C25H44N2O6Si. The zero-order chi connectivity index (χ0) is 25.8. The van der Waals surface area contributed by atoms with Gasteiger partial charge in [0.1, 0.15) is 17.5 Å². The number of aliphatic hydroxyl groups excluding tert-OH is 1. The van der Waals surface area contributed by atoms with Crippen molar-refractivity contribution in [2.75, 3.05) is 13.2 Å². The van der Waals surface area contributed by atoms with E-state index in [0.29, 0.717) is 22.4 Å². The third-order valence-electron chi connectivity index (χ3n) is 6.47. The van der Waals surface area contributed by atoms with Gasteiger partial charge in [0.05, 0.1) is 25.2 Å². The summed E-state index contributed by atoms with van der Waals surface area (Å²) in [5.41, 5.74) is 0.267. The number of hydrogen-bond donors (Lipinski definition) is 1. The van der Waals surface area contributed by atoms with Crippen LogP contribution in [0.5, 0.6) is 0 Å². The third-order valence-corrected chi connectivity index (χ3v) is 12.6. The fourth-order valence-corrected chi connectivity index (χ4v) is 10.7. The molecule has 0 spiro atoms. The van der Waals surface area contributed by atoms with E-state index in [1.165, 1.54) is 10.8 Å². The molecule has 0 unspecified atom stereocenters. The number of ether oxygens (including phenoxy) is 3. The summed E-state index contributed by atoms with van der Waals surface area (Å²) >= 11 is 0. The number of aromatic nitrogens is 2. The Labute approximate surface area is 205 Å². The molecule has 1 aliphatic rings. The minimum Gasteiger partial charge on any atom is -0.443 e. The molecular weight excluding hydrogens is 452 g/mol. The van der Waals surface area contributed by atoms with E-state index in [-0.39, 0.29) is 13.2 Å². The SMILES string of the molecule is C=CCO[C@H]1OC[C@@H](c2nccn2C(=O)OC(C)(C)C)[C@@H](O)[C@@H]1O[Si](C(C)C)(C(C)C)C(C)C. The highest BCUT2D eigenvalue weighted by atomic mass is 28.4. The first-order valence-electron chi connectivity index (χ1n) is 12.2. The molecule has 1 N–H and O–H groups in total. The van der Waals surface area contributed by atoms with E-state index in [1.54, 1.807) is 33.0 Å². The normalized spacial score (nSPS) is 24.1. The van der Waals surface area contributed by atoms with Gasteiger partial charge in [-0.1, -0.05) is 47.6 Å². The Bertz CT molecular complexity index is 795. The zero-order valence-electron chi connectivity index (χ0n) is 22.3. The predicted octanol–water partition coefficient (Wildman–Crippen LogP) is 5.23. The fourth-order valence-electron chi connectivity index (χ4n) is 5.14. The lowest BCUT2D eigenvalue weighted by atomic mass is 9.94. The van der Waals surface area contributed by atoms with E-state index in [9.17, 15) is 9.90 Å². The molecule has 2 heterocycles. The lowest BCUT2D eigenvalue weighted by Gasteiger charge is -2.49. The molecule has 1 aliphatic heterocycles. The number of hydrogen-bond acceptors (Lipinski definition) is 7. The summed E-state index contributed by atoms with van der Waals surface area (Å²) < 4.78 is 25.8. The lowest BCUT2D eigenvalue weighted by Crippen LogP contribution is -2.59. The van der Waals surface area contributed by atoms with E-state index in [1.807, 2.05) is 0 Å². The van der Waals surface area contributed by atoms with Gasteiger partial charge in [0.2, 0.25) is 8.32 Å². The van der Waals surface area contributed by atoms with Gasteiger partial charge in [0, 0.05) is 12.4 Å². The highest BCUT2D eigenvalue weighted by Gasteiger charge is 2.52. The molecule has 2 rings (SSSR count). The molecule has 4 atom stereocenters. The number of rotatable bonds is 9. The highest BCUT2D eigenvalue weighted by molar-refractivity contribution is 6.77. The molecule has 8 nitrogen and oxygen atoms in total. The summed E-state index contributed by atoms with van der Waals surface area (Å²) in [4.78, 5) is 17.2. The Morgan fingerprint density at radius 1 is 1.26 bits per heavy atom. The zero-order valence-corrected chi connectivity index (χ0v) is 23.3. The van der Waals surface area contributed by atoms with Crippen LogP contribution in [0.2, 0.25) is 16.6 Å². The highest BCUT2D eigenvalue weighted by Crippen LogP contribution is 2.45. The summed E-state index contributed by atoms with van der Waals surface area (Å²) in [6.07, 6.45) is 1.68. The van der Waals surface area contributed by atoms with Crippen LogP contribution in [-0.4, -0.2) is 66.4 Å². The van der Waals surface area contributed by atoms with Crippen LogP contribution in [0.4, 0.5) is 4.79 Å². The van der Waals surface area contributed by atoms with Crippen molar-refractivity contribution in [1.29, 1.82) is 0 Å². The largest absolute Gasteiger partial charge is 0.443 e. The molecule has 0 amide bonds. The van der Waals surface area contributed by atoms with Crippen molar-refractivity contribution in [3.8, 4) is 0 Å². The third kappa shape index (κ3) is 6.18. The minimum absolute atomic E-state index is 0.127. The summed E-state index contributed by atoms with van der Waals surface area (Å²) in [7, 11) is -2.38. The molecule has 34 heavy (non-hydrogen) atoms. The first-order valence-corrected chi connectivity index (χ1v) is 14.4. The molecule has 1 aromatic heterocycles. The van der Waals surface area contributed by atoms with Crippen LogP contribution in [0.3, 0.4) is 0 Å². The van der Waals surface area contributed by atoms with Crippen LogP contribution < -0.4 is 0 Å². The van der Waals surface area contributed by atoms with Crippen LogP contribution >= 0.6 is 0 Å². The van der Waals surface area contributed by atoms with Gasteiger partial charge in [-0.3, -0.25) is 0 Å². The average Bonchev–Trinajstić information content (AvgIpc) is 3.19. The van der Waals surface area contributed by atoms with Crippen LogP contribution in [0.1, 0.15) is 74.1 Å². The van der Waals surface area contributed by atoms with Gasteiger partial charge in [-0.2, -0.15) is 0 Å². The van der Waals surface area contributed by atoms with Gasteiger partial charge in [0.25, 0.3) is 0 Å². The summed E-state index contributed by atoms with van der Waals surface area (Å²) in [6.45, 7) is 22.7. The van der Waals surface area contributed by atoms with Crippen molar-refractivity contribution < 1.29 is 28.5 Å². The maximum atomic E-state index is 12.8. The van der Waals surface area contributed by atoms with Crippen molar-refractivity contribution in [3.63, 3.8) is 0 Å². The Hall–Kier alpha value is -1.52. The summed E-state index contributed by atoms with van der Waals surface area (Å²) in [5.74, 6) is -0.210. The fraction of sp³-hybridized carbons (Fsp3) is 0.760. The molecule has 0 aliphatic carbocycles. The Kier molecular flexibility index (Phi) is 9.69. The van der Waals surface area contributed by atoms with Crippen molar-refractivity contribution in [2.24, 2.45) is 0 Å². The topological polar surface area (TPSA) is 92.0 Å². The monoisotopic (exact) mass is 496 g/mol. The van der Waals surface area contributed by atoms with Gasteiger partial charge in [-0.15, -0.1) is 6.58 Å². The van der Waals surface area contributed by atoms with Crippen LogP contribution in [-0.2, 0) is 18.6 Å². The maximum Gasteiger partial charge on any atom is 0.420 e. The minimum atomic E-state index is -2.38. The second kappa shape index (κ2) is 11.5. The second-order valence-electron chi connectivity index (χ2n) is 11.0. The smallest absolute Gasteiger partial charge is 0.420 e. The van der Waals surface area contributed by atoms with Crippen molar-refractivity contribution >= 4 is 14.4 Å². The lowest BCUT2D eigenvalue weighted by molar-refractivity contribution is -0.242. The maximum absolute atomic E-state index is 12.8. The van der Waals surface area contributed by atoms with E-state index in [0.717, 1.165) is 0 Å². The summed E-state index contributed by atoms with van der Waals surface area (Å²) in [5, 5.41) is 11.6. The molecule has 1 aromatic rings. The van der Waals surface area contributed by atoms with E-state index in [4.69, 9.17) is 18.6 Å². The average molecular weight is 497 g/mol. The van der Waals surface area contributed by atoms with Crippen molar-refractivity contribution in [3.05, 3.63) is 30.9 Å². The molecule has 1 fully saturated rings. The van der Waals surface area contributed by atoms with Crippen molar-refractivity contribution in [2.45, 2.75) is 109 Å². The molecule has 0 bridgehead atoms. The standard InChI is InChI=1S/C25H44N2O6Si/c1-11-14-30-23-21(33-34(16(2)3,17(4)5)18(6)7)20(28)19(15-31-23)22-26-12-13-27(22)24(29)32-25(8,9)10/h11-13,16-21,23,28H,1,14-15H2,2-10H3/t19-,20-,21+,23+/m1/s1. The number of carbonyl (C=O) groups is 1. The van der Waals surface area contributed by atoms with E-state index < -0.39 is 44.4 Å². The van der Waals surface area contributed by atoms with E-state index in [2.05, 4.69) is 53.1 Å². The van der Waals surface area contributed by atoms with E-state index >= 15 is 0 Å². The number of carbonyl (C=O) groups excluding carboxylic acids is 1. The van der Waals surface area contributed by atoms with Gasteiger partial charge in [0.15, 0.2) is 6.29 Å². The van der Waals surface area contributed by atoms with Gasteiger partial charge in [-0.25, -0.2) is 14.3 Å². The summed E-state index contributed by atoms with van der Waals surface area (Å²) in [6, 6.07) is 0. The first-order chi connectivity index (χ1) is 15.8. The molecule has 0 radical (unpaired) electrons. The van der Waals surface area contributed by atoms with Crippen molar-refractivity contribution in [1.82, 2.24) is 9.55 Å². The second-order valence-corrected chi connectivity index (χ2v) is 16.4. The first kappa shape index (κ1) is 28.7.